The van der Waals surface area contributed by atoms with E-state index in [4.69, 9.17) is 0 Å². The number of hydrogen-bond donors (Lipinski definition) is 0. The number of amides is 2. The summed E-state index contributed by atoms with van der Waals surface area (Å²) in [6, 6.07) is 2.03. The summed E-state index contributed by atoms with van der Waals surface area (Å²) < 4.78 is 53.1. The predicted octanol–water partition coefficient (Wildman–Crippen LogP) is 1.20. The molecule has 0 radical (unpaired) electrons. The maximum Gasteiger partial charge on any atom is 0.245 e. The fraction of sp³-hybridized carbons (Fsp3) is 0.579. The standard InChI is InChI=1S/C19H23F2N3O4S/c20-15-6-5-14(12-16(15)21)29(27,28)23-10-8-22(9-11-23)19(26)17-2-1-7-24(17)18(25)13-3-4-13/h5-6,12-13,17H,1-4,7-11H2. The van der Waals surface area contributed by atoms with E-state index in [1.54, 1.807) is 9.80 Å². The van der Waals surface area contributed by atoms with Crippen LogP contribution in [-0.2, 0) is 19.6 Å². The van der Waals surface area contributed by atoms with E-state index in [-0.39, 0.29) is 48.8 Å². The summed E-state index contributed by atoms with van der Waals surface area (Å²) in [7, 11) is -3.97. The van der Waals surface area contributed by atoms with Crippen LogP contribution in [-0.4, -0.2) is 73.1 Å². The zero-order valence-electron chi connectivity index (χ0n) is 15.9. The molecule has 0 aromatic heterocycles. The maximum atomic E-state index is 13.4. The Balaban J connectivity index is 1.40. The molecule has 7 nitrogen and oxygen atoms in total. The third kappa shape index (κ3) is 3.87. The van der Waals surface area contributed by atoms with E-state index in [0.29, 0.717) is 19.0 Å². The molecule has 0 N–H and O–H groups in total. The predicted molar refractivity (Wildman–Crippen MR) is 99.2 cm³/mol. The Labute approximate surface area is 168 Å². The Kier molecular flexibility index (Phi) is 5.32. The summed E-state index contributed by atoms with van der Waals surface area (Å²) in [6.45, 7) is 1.12. The second kappa shape index (κ2) is 7.64. The zero-order valence-corrected chi connectivity index (χ0v) is 16.7. The normalized spacial score (nSPS) is 23.4. The van der Waals surface area contributed by atoms with Crippen molar-refractivity contribution in [1.29, 1.82) is 0 Å². The Morgan fingerprint density at radius 3 is 2.21 bits per heavy atom. The topological polar surface area (TPSA) is 78.0 Å². The highest BCUT2D eigenvalue weighted by atomic mass is 32.2. The van der Waals surface area contributed by atoms with Crippen molar-refractivity contribution in [3.8, 4) is 0 Å². The van der Waals surface area contributed by atoms with E-state index in [1.165, 1.54) is 4.31 Å². The number of piperazine rings is 1. The number of sulfonamides is 1. The molecule has 1 aromatic rings. The smallest absolute Gasteiger partial charge is 0.245 e. The molecule has 10 heteroatoms. The summed E-state index contributed by atoms with van der Waals surface area (Å²) in [4.78, 5) is 28.3. The van der Waals surface area contributed by atoms with E-state index < -0.39 is 27.7 Å². The van der Waals surface area contributed by atoms with Gasteiger partial charge in [-0.3, -0.25) is 9.59 Å². The van der Waals surface area contributed by atoms with Crippen molar-refractivity contribution in [1.82, 2.24) is 14.1 Å². The van der Waals surface area contributed by atoms with E-state index in [0.717, 1.165) is 31.4 Å². The minimum atomic E-state index is -3.97. The zero-order chi connectivity index (χ0) is 20.8. The van der Waals surface area contributed by atoms with Gasteiger partial charge in [-0.25, -0.2) is 17.2 Å². The number of halogens is 2. The molecule has 3 fully saturated rings. The van der Waals surface area contributed by atoms with Crippen LogP contribution in [0.5, 0.6) is 0 Å². The highest BCUT2D eigenvalue weighted by molar-refractivity contribution is 7.89. The van der Waals surface area contributed by atoms with Crippen molar-refractivity contribution >= 4 is 21.8 Å². The molecular formula is C19H23F2N3O4S. The quantitative estimate of drug-likeness (QED) is 0.724. The van der Waals surface area contributed by atoms with Gasteiger partial charge in [0, 0.05) is 38.6 Å². The van der Waals surface area contributed by atoms with Gasteiger partial charge in [-0.2, -0.15) is 4.31 Å². The number of hydrogen-bond acceptors (Lipinski definition) is 4. The van der Waals surface area contributed by atoms with Crippen molar-refractivity contribution in [2.24, 2.45) is 5.92 Å². The lowest BCUT2D eigenvalue weighted by Gasteiger charge is -2.36. The van der Waals surface area contributed by atoms with Crippen molar-refractivity contribution in [2.45, 2.75) is 36.6 Å². The molecule has 158 valence electrons. The summed E-state index contributed by atoms with van der Waals surface area (Å²) >= 11 is 0. The minimum absolute atomic E-state index is 0.0559. The van der Waals surface area contributed by atoms with Crippen LogP contribution in [0.15, 0.2) is 23.1 Å². The lowest BCUT2D eigenvalue weighted by atomic mass is 10.1. The van der Waals surface area contributed by atoms with Gasteiger partial charge in [-0.05, 0) is 43.9 Å². The van der Waals surface area contributed by atoms with Gasteiger partial charge in [0.25, 0.3) is 0 Å². The summed E-state index contributed by atoms with van der Waals surface area (Å²) in [5, 5.41) is 0. The van der Waals surface area contributed by atoms with Crippen LogP contribution in [0.3, 0.4) is 0 Å². The summed E-state index contributed by atoms with van der Waals surface area (Å²) in [6.07, 6.45) is 3.19. The number of carbonyl (C=O) groups is 2. The highest BCUT2D eigenvalue weighted by Gasteiger charge is 2.42. The molecular weight excluding hydrogens is 404 g/mol. The molecule has 2 saturated heterocycles. The Hall–Kier alpha value is -2.07. The minimum Gasteiger partial charge on any atom is -0.338 e. The van der Waals surface area contributed by atoms with E-state index in [9.17, 15) is 26.8 Å². The van der Waals surface area contributed by atoms with Crippen LogP contribution in [0.25, 0.3) is 0 Å². The number of benzene rings is 1. The van der Waals surface area contributed by atoms with Crippen LogP contribution in [0.4, 0.5) is 8.78 Å². The molecule has 1 aromatic carbocycles. The van der Waals surface area contributed by atoms with Crippen molar-refractivity contribution in [3.05, 3.63) is 29.8 Å². The van der Waals surface area contributed by atoms with Crippen molar-refractivity contribution < 1.29 is 26.8 Å². The van der Waals surface area contributed by atoms with Gasteiger partial charge < -0.3 is 9.80 Å². The van der Waals surface area contributed by atoms with Gasteiger partial charge in [0.2, 0.25) is 21.8 Å². The Morgan fingerprint density at radius 2 is 1.59 bits per heavy atom. The average Bonchev–Trinajstić information content (AvgIpc) is 3.45. The first-order chi connectivity index (χ1) is 13.8. The van der Waals surface area contributed by atoms with Gasteiger partial charge in [0.1, 0.15) is 6.04 Å². The van der Waals surface area contributed by atoms with Crippen LogP contribution in [0.1, 0.15) is 25.7 Å². The Morgan fingerprint density at radius 1 is 0.897 bits per heavy atom. The lowest BCUT2D eigenvalue weighted by molar-refractivity contribution is -0.145. The van der Waals surface area contributed by atoms with Crippen molar-refractivity contribution in [3.63, 3.8) is 0 Å². The van der Waals surface area contributed by atoms with Gasteiger partial charge in [0.05, 0.1) is 4.90 Å². The summed E-state index contributed by atoms with van der Waals surface area (Å²) in [5.41, 5.74) is 0. The molecule has 29 heavy (non-hydrogen) atoms. The number of likely N-dealkylation sites (tertiary alicyclic amines) is 1. The molecule has 1 atom stereocenters. The lowest BCUT2D eigenvalue weighted by Crippen LogP contribution is -2.55. The monoisotopic (exact) mass is 427 g/mol. The summed E-state index contributed by atoms with van der Waals surface area (Å²) in [5.74, 6) is -2.36. The van der Waals surface area contributed by atoms with E-state index in [1.807, 2.05) is 0 Å². The first kappa shape index (κ1) is 20.2. The maximum absolute atomic E-state index is 13.4. The molecule has 1 saturated carbocycles. The molecule has 0 spiro atoms. The second-order valence-electron chi connectivity index (χ2n) is 7.77. The highest BCUT2D eigenvalue weighted by Crippen LogP contribution is 2.34. The molecule has 1 unspecified atom stereocenters. The largest absolute Gasteiger partial charge is 0.338 e. The molecule has 3 aliphatic rings. The van der Waals surface area contributed by atoms with Crippen LogP contribution in [0, 0.1) is 17.6 Å². The molecule has 2 heterocycles. The van der Waals surface area contributed by atoms with Gasteiger partial charge >= 0.3 is 0 Å². The number of rotatable bonds is 4. The third-order valence-corrected chi connectivity index (χ3v) is 7.72. The van der Waals surface area contributed by atoms with Crippen LogP contribution in [0.2, 0.25) is 0 Å². The van der Waals surface area contributed by atoms with Gasteiger partial charge in [-0.15, -0.1) is 0 Å². The fourth-order valence-electron chi connectivity index (χ4n) is 4.00. The van der Waals surface area contributed by atoms with Crippen molar-refractivity contribution in [2.75, 3.05) is 32.7 Å². The first-order valence-electron chi connectivity index (χ1n) is 9.83. The van der Waals surface area contributed by atoms with Crippen LogP contribution < -0.4 is 0 Å². The first-order valence-corrected chi connectivity index (χ1v) is 11.3. The second-order valence-corrected chi connectivity index (χ2v) is 9.71. The van der Waals surface area contributed by atoms with Crippen LogP contribution >= 0.6 is 0 Å². The van der Waals surface area contributed by atoms with E-state index >= 15 is 0 Å². The molecule has 1 aliphatic carbocycles. The SMILES string of the molecule is O=C(C1CCCN1C(=O)C1CC1)N1CCN(S(=O)(=O)c2ccc(F)c(F)c2)CC1. The van der Waals surface area contributed by atoms with Gasteiger partial charge in [0.15, 0.2) is 11.6 Å². The molecule has 4 rings (SSSR count). The van der Waals surface area contributed by atoms with Gasteiger partial charge in [-0.1, -0.05) is 0 Å². The number of nitrogens with zero attached hydrogens (tertiary/aromatic N) is 3. The fourth-order valence-corrected chi connectivity index (χ4v) is 5.43. The van der Waals surface area contributed by atoms with E-state index in [2.05, 4.69) is 0 Å². The third-order valence-electron chi connectivity index (χ3n) is 5.83. The molecule has 2 amide bonds. The number of carbonyl (C=O) groups excluding carboxylic acids is 2. The average molecular weight is 427 g/mol. The molecule has 2 aliphatic heterocycles. The molecule has 0 bridgehead atoms. The Bertz CT molecular complexity index is 927.